The molecule has 0 unspecified atom stereocenters. The molecule has 188 valence electrons. The Hall–Kier alpha value is -4.85. The smallest absolute Gasteiger partial charge is 0.159 e. The topological polar surface area (TPSA) is 94.5 Å². The molecule has 1 fully saturated rings. The lowest BCUT2D eigenvalue weighted by atomic mass is 10.1. The van der Waals surface area contributed by atoms with E-state index in [9.17, 15) is 4.79 Å². The van der Waals surface area contributed by atoms with Crippen molar-refractivity contribution >= 4 is 45.6 Å². The molecule has 0 radical (unpaired) electrons. The van der Waals surface area contributed by atoms with E-state index in [1.54, 1.807) is 24.3 Å². The van der Waals surface area contributed by atoms with Crippen LogP contribution < -0.4 is 4.90 Å². The zero-order valence-electron chi connectivity index (χ0n) is 21.1. The van der Waals surface area contributed by atoms with E-state index in [0.717, 1.165) is 30.2 Å². The summed E-state index contributed by atoms with van der Waals surface area (Å²) in [6.07, 6.45) is 2.52. The van der Waals surface area contributed by atoms with E-state index >= 15 is 0 Å². The molecule has 0 atom stereocenters. The second-order valence-electron chi connectivity index (χ2n) is 8.95. The quantitative estimate of drug-likeness (QED) is 0.177. The van der Waals surface area contributed by atoms with Gasteiger partial charge in [-0.3, -0.25) is 4.79 Å². The van der Waals surface area contributed by atoms with Crippen LogP contribution in [-0.2, 0) is 0 Å². The Morgan fingerprint density at radius 2 is 0.789 bits per heavy atom. The first-order valence-electron chi connectivity index (χ1n) is 12.5. The van der Waals surface area contributed by atoms with Gasteiger partial charge in [0.2, 0.25) is 0 Å². The molecule has 8 heteroatoms. The van der Waals surface area contributed by atoms with Gasteiger partial charge in [0.05, 0.1) is 34.1 Å². The number of azo groups is 3. The van der Waals surface area contributed by atoms with E-state index in [1.807, 2.05) is 60.7 Å². The second kappa shape index (κ2) is 11.9. The third kappa shape index (κ3) is 6.67. The zero-order valence-corrected chi connectivity index (χ0v) is 21.1. The van der Waals surface area contributed by atoms with Gasteiger partial charge in [-0.25, -0.2) is 0 Å². The SMILES string of the molecule is CC(=O)c1ccc(N=Nc2ccc(N=Nc3ccc(N=Nc4ccc(N5CCCC5)cc4)cc3)cc2)cc1. The zero-order chi connectivity index (χ0) is 26.2. The summed E-state index contributed by atoms with van der Waals surface area (Å²) in [5, 5.41) is 25.7. The first-order valence-corrected chi connectivity index (χ1v) is 12.5. The number of hydrogen-bond donors (Lipinski definition) is 0. The minimum Gasteiger partial charge on any atom is -0.372 e. The van der Waals surface area contributed by atoms with Crippen LogP contribution in [0, 0.1) is 0 Å². The van der Waals surface area contributed by atoms with E-state index in [1.165, 1.54) is 25.5 Å². The standard InChI is InChI=1S/C30H27N7O/c1-22(38)23-4-6-24(7-5-23)31-32-25-8-10-26(11-9-25)33-34-27-12-14-28(15-13-27)35-36-29-16-18-30(19-17-29)37-20-2-3-21-37/h4-19H,2-3,20-21H2,1H3. The van der Waals surface area contributed by atoms with Crippen LogP contribution in [-0.4, -0.2) is 18.9 Å². The highest BCUT2D eigenvalue weighted by molar-refractivity contribution is 5.94. The summed E-state index contributed by atoms with van der Waals surface area (Å²) in [5.41, 5.74) is 6.26. The van der Waals surface area contributed by atoms with Gasteiger partial charge in [-0.15, -0.1) is 0 Å². The fourth-order valence-corrected chi connectivity index (χ4v) is 3.99. The van der Waals surface area contributed by atoms with Crippen molar-refractivity contribution in [1.82, 2.24) is 0 Å². The van der Waals surface area contributed by atoms with Crippen LogP contribution in [0.2, 0.25) is 0 Å². The molecule has 38 heavy (non-hydrogen) atoms. The first kappa shape index (κ1) is 24.8. The normalized spacial score (nSPS) is 13.8. The largest absolute Gasteiger partial charge is 0.372 e. The first-order chi connectivity index (χ1) is 18.6. The van der Waals surface area contributed by atoms with Gasteiger partial charge in [-0.2, -0.15) is 30.7 Å². The Morgan fingerprint density at radius 3 is 1.11 bits per heavy atom. The van der Waals surface area contributed by atoms with Crippen molar-refractivity contribution in [3.05, 3.63) is 103 Å². The average molecular weight is 502 g/mol. The fraction of sp³-hybridized carbons (Fsp3) is 0.167. The summed E-state index contributed by atoms with van der Waals surface area (Å²) >= 11 is 0. The highest BCUT2D eigenvalue weighted by Gasteiger charge is 2.11. The number of anilines is 1. The van der Waals surface area contributed by atoms with Gasteiger partial charge in [0.25, 0.3) is 0 Å². The molecule has 4 aromatic rings. The second-order valence-corrected chi connectivity index (χ2v) is 8.95. The molecule has 0 aliphatic carbocycles. The molecule has 1 heterocycles. The van der Waals surface area contributed by atoms with Crippen LogP contribution in [0.1, 0.15) is 30.1 Å². The summed E-state index contributed by atoms with van der Waals surface area (Å²) in [5.74, 6) is 0.0221. The number of Topliss-reactive ketones (excluding diaryl/α,β-unsaturated/α-hetero) is 1. The van der Waals surface area contributed by atoms with Crippen molar-refractivity contribution in [3.63, 3.8) is 0 Å². The van der Waals surface area contributed by atoms with E-state index in [4.69, 9.17) is 0 Å². The number of benzene rings is 4. The predicted molar refractivity (Wildman–Crippen MR) is 150 cm³/mol. The van der Waals surface area contributed by atoms with Gasteiger partial charge < -0.3 is 4.90 Å². The number of nitrogens with zero attached hydrogens (tertiary/aromatic N) is 7. The van der Waals surface area contributed by atoms with Gasteiger partial charge in [-0.05, 0) is 117 Å². The van der Waals surface area contributed by atoms with Crippen LogP contribution in [0.4, 0.5) is 39.8 Å². The Labute approximate surface area is 221 Å². The van der Waals surface area contributed by atoms with Gasteiger partial charge in [0.1, 0.15) is 0 Å². The average Bonchev–Trinajstić information content (AvgIpc) is 3.51. The van der Waals surface area contributed by atoms with Crippen LogP contribution in [0.5, 0.6) is 0 Å². The summed E-state index contributed by atoms with van der Waals surface area (Å²) < 4.78 is 0. The molecule has 0 amide bonds. The third-order valence-corrected chi connectivity index (χ3v) is 6.14. The van der Waals surface area contributed by atoms with Crippen LogP contribution >= 0.6 is 0 Å². The van der Waals surface area contributed by atoms with Crippen molar-refractivity contribution in [2.75, 3.05) is 18.0 Å². The Bertz CT molecular complexity index is 1450. The number of ketones is 1. The van der Waals surface area contributed by atoms with E-state index in [2.05, 4.69) is 47.7 Å². The fourth-order valence-electron chi connectivity index (χ4n) is 3.99. The molecule has 0 saturated carbocycles. The molecule has 1 saturated heterocycles. The van der Waals surface area contributed by atoms with Crippen molar-refractivity contribution < 1.29 is 4.79 Å². The van der Waals surface area contributed by atoms with Gasteiger partial charge in [0, 0.05) is 24.3 Å². The molecule has 5 rings (SSSR count). The summed E-state index contributed by atoms with van der Waals surface area (Å²) in [7, 11) is 0. The number of hydrogen-bond acceptors (Lipinski definition) is 8. The third-order valence-electron chi connectivity index (χ3n) is 6.14. The Morgan fingerprint density at radius 1 is 0.500 bits per heavy atom. The van der Waals surface area contributed by atoms with E-state index in [-0.39, 0.29) is 5.78 Å². The minimum absolute atomic E-state index is 0.0221. The van der Waals surface area contributed by atoms with Gasteiger partial charge >= 0.3 is 0 Å². The van der Waals surface area contributed by atoms with Crippen molar-refractivity contribution in [1.29, 1.82) is 0 Å². The maximum absolute atomic E-state index is 11.4. The molecule has 1 aliphatic rings. The molecule has 1 aliphatic heterocycles. The number of carbonyl (C=O) groups is 1. The highest BCUT2D eigenvalue weighted by Crippen LogP contribution is 2.27. The molecule has 4 aromatic carbocycles. The van der Waals surface area contributed by atoms with Gasteiger partial charge in [-0.1, -0.05) is 0 Å². The van der Waals surface area contributed by atoms with Crippen molar-refractivity contribution in [2.45, 2.75) is 19.8 Å². The predicted octanol–water partition coefficient (Wildman–Crippen LogP) is 9.74. The lowest BCUT2D eigenvalue weighted by molar-refractivity contribution is 0.101. The highest BCUT2D eigenvalue weighted by atomic mass is 16.1. The summed E-state index contributed by atoms with van der Waals surface area (Å²) in [4.78, 5) is 13.8. The molecule has 0 bridgehead atoms. The molecule has 0 N–H and O–H groups in total. The lowest BCUT2D eigenvalue weighted by Crippen LogP contribution is -2.17. The van der Waals surface area contributed by atoms with Crippen LogP contribution in [0.25, 0.3) is 0 Å². The van der Waals surface area contributed by atoms with Crippen LogP contribution in [0.15, 0.2) is 128 Å². The number of rotatable bonds is 8. The summed E-state index contributed by atoms with van der Waals surface area (Å²) in [6.45, 7) is 3.79. The maximum atomic E-state index is 11.4. The molecular formula is C30H27N7O. The van der Waals surface area contributed by atoms with Crippen LogP contribution in [0.3, 0.4) is 0 Å². The summed E-state index contributed by atoms with van der Waals surface area (Å²) in [6, 6.07) is 30.0. The lowest BCUT2D eigenvalue weighted by Gasteiger charge is -2.17. The van der Waals surface area contributed by atoms with Crippen molar-refractivity contribution in [2.24, 2.45) is 30.7 Å². The monoisotopic (exact) mass is 501 g/mol. The van der Waals surface area contributed by atoms with E-state index < -0.39 is 0 Å². The minimum atomic E-state index is 0.0221. The Balaban J connectivity index is 1.14. The Kier molecular flexibility index (Phi) is 7.79. The van der Waals surface area contributed by atoms with Gasteiger partial charge in [0.15, 0.2) is 5.78 Å². The molecular weight excluding hydrogens is 474 g/mol. The number of carbonyl (C=O) groups excluding carboxylic acids is 1. The maximum Gasteiger partial charge on any atom is 0.159 e. The molecule has 0 spiro atoms. The van der Waals surface area contributed by atoms with E-state index in [0.29, 0.717) is 22.6 Å². The van der Waals surface area contributed by atoms with Crippen molar-refractivity contribution in [3.8, 4) is 0 Å². The molecule has 8 nitrogen and oxygen atoms in total. The molecule has 0 aromatic heterocycles.